The van der Waals surface area contributed by atoms with Gasteiger partial charge >= 0.3 is 0 Å². The molecule has 0 spiro atoms. The second kappa shape index (κ2) is 5.77. The van der Waals surface area contributed by atoms with Crippen LogP contribution in [-0.4, -0.2) is 24.8 Å². The molecule has 1 aromatic rings. The molecule has 0 aliphatic carbocycles. The molecule has 0 aliphatic rings. The van der Waals surface area contributed by atoms with E-state index >= 15 is 0 Å². The number of carbonyl (C=O) groups is 1. The molecule has 84 valence electrons. The van der Waals surface area contributed by atoms with Crippen molar-refractivity contribution in [2.75, 3.05) is 13.6 Å². The number of benzene rings is 1. The minimum atomic E-state index is -0.520. The van der Waals surface area contributed by atoms with E-state index in [2.05, 4.69) is 5.32 Å². The van der Waals surface area contributed by atoms with Crippen molar-refractivity contribution in [3.05, 3.63) is 45.5 Å². The van der Waals surface area contributed by atoms with E-state index in [-0.39, 0.29) is 5.69 Å². The summed E-state index contributed by atoms with van der Waals surface area (Å²) in [7, 11) is 1.81. The number of non-ortho nitro benzene ring substituents is 1. The summed E-state index contributed by atoms with van der Waals surface area (Å²) >= 11 is 0. The first-order chi connectivity index (χ1) is 7.69. The summed E-state index contributed by atoms with van der Waals surface area (Å²) in [5, 5.41) is 13.4. The zero-order chi connectivity index (χ0) is 12.0. The molecule has 0 saturated heterocycles. The van der Waals surface area contributed by atoms with Crippen molar-refractivity contribution < 1.29 is 9.72 Å². The summed E-state index contributed by atoms with van der Waals surface area (Å²) in [5.41, 5.74) is 0.922. The van der Waals surface area contributed by atoms with E-state index in [1.807, 2.05) is 6.08 Å². The molecule has 0 heterocycles. The van der Waals surface area contributed by atoms with Gasteiger partial charge in [-0.2, -0.15) is 0 Å². The lowest BCUT2D eigenvalue weighted by atomic mass is 10.1. The Labute approximate surface area is 92.9 Å². The van der Waals surface area contributed by atoms with Crippen molar-refractivity contribution >= 4 is 18.0 Å². The number of nitrogens with zero attached hydrogens (tertiary/aromatic N) is 1. The van der Waals surface area contributed by atoms with Crippen molar-refractivity contribution in [1.29, 1.82) is 0 Å². The highest BCUT2D eigenvalue weighted by Gasteiger charge is 2.08. The molecule has 0 fully saturated rings. The van der Waals surface area contributed by atoms with Gasteiger partial charge in [-0.05, 0) is 18.7 Å². The molecular formula is C11H12N2O3. The summed E-state index contributed by atoms with van der Waals surface area (Å²) in [6.45, 7) is 0.676. The van der Waals surface area contributed by atoms with E-state index in [0.29, 0.717) is 24.0 Å². The second-order valence-electron chi connectivity index (χ2n) is 3.15. The largest absolute Gasteiger partial charge is 0.316 e. The molecule has 0 aliphatic heterocycles. The van der Waals surface area contributed by atoms with Crippen LogP contribution in [0.15, 0.2) is 24.3 Å². The zero-order valence-corrected chi connectivity index (χ0v) is 8.84. The van der Waals surface area contributed by atoms with Crippen molar-refractivity contribution in [3.8, 4) is 0 Å². The van der Waals surface area contributed by atoms with Crippen LogP contribution in [-0.2, 0) is 0 Å². The van der Waals surface area contributed by atoms with Gasteiger partial charge in [0, 0.05) is 24.2 Å². The molecule has 0 unspecified atom stereocenters. The van der Waals surface area contributed by atoms with E-state index in [0.717, 1.165) is 0 Å². The number of hydrogen-bond donors (Lipinski definition) is 1. The summed E-state index contributed by atoms with van der Waals surface area (Å²) in [6.07, 6.45) is 4.21. The molecule has 16 heavy (non-hydrogen) atoms. The van der Waals surface area contributed by atoms with Crippen LogP contribution in [0.2, 0.25) is 0 Å². The normalized spacial score (nSPS) is 10.6. The molecule has 0 atom stereocenters. The quantitative estimate of drug-likeness (QED) is 0.465. The lowest BCUT2D eigenvalue weighted by Gasteiger charge is -1.99. The predicted octanol–water partition coefficient (Wildman–Crippen LogP) is 1.64. The van der Waals surface area contributed by atoms with Crippen LogP contribution in [0.4, 0.5) is 5.69 Å². The third kappa shape index (κ3) is 2.99. The lowest BCUT2D eigenvalue weighted by molar-refractivity contribution is -0.384. The number of nitro groups is 1. The molecule has 0 aromatic heterocycles. The van der Waals surface area contributed by atoms with Gasteiger partial charge in [-0.3, -0.25) is 14.9 Å². The summed E-state index contributed by atoms with van der Waals surface area (Å²) < 4.78 is 0. The SMILES string of the molecule is CNCC=Cc1ccc([N+](=O)[O-])cc1C=O. The van der Waals surface area contributed by atoms with Gasteiger partial charge in [-0.15, -0.1) is 0 Å². The topological polar surface area (TPSA) is 72.2 Å². The fourth-order valence-corrected chi connectivity index (χ4v) is 1.23. The monoisotopic (exact) mass is 220 g/mol. The average Bonchev–Trinajstić information content (AvgIpc) is 2.29. The van der Waals surface area contributed by atoms with E-state index in [4.69, 9.17) is 0 Å². The minimum Gasteiger partial charge on any atom is -0.316 e. The first-order valence-corrected chi connectivity index (χ1v) is 4.73. The lowest BCUT2D eigenvalue weighted by Crippen LogP contribution is -2.03. The van der Waals surface area contributed by atoms with Gasteiger partial charge in [0.25, 0.3) is 5.69 Å². The Morgan fingerprint density at radius 3 is 2.75 bits per heavy atom. The number of nitrogens with one attached hydrogen (secondary N) is 1. The predicted molar refractivity (Wildman–Crippen MR) is 61.4 cm³/mol. The number of nitro benzene ring substituents is 1. The summed E-state index contributed by atoms with van der Waals surface area (Å²) in [4.78, 5) is 20.7. The Morgan fingerprint density at radius 2 is 2.19 bits per heavy atom. The van der Waals surface area contributed by atoms with Crippen LogP contribution in [0.25, 0.3) is 6.08 Å². The van der Waals surface area contributed by atoms with E-state index in [1.165, 1.54) is 12.1 Å². The molecule has 1 rings (SSSR count). The van der Waals surface area contributed by atoms with Crippen molar-refractivity contribution in [2.24, 2.45) is 0 Å². The van der Waals surface area contributed by atoms with Gasteiger partial charge < -0.3 is 5.32 Å². The van der Waals surface area contributed by atoms with Gasteiger partial charge in [-0.25, -0.2) is 0 Å². The number of carbonyl (C=O) groups excluding carboxylic acids is 1. The fourth-order valence-electron chi connectivity index (χ4n) is 1.23. The van der Waals surface area contributed by atoms with Crippen molar-refractivity contribution in [2.45, 2.75) is 0 Å². The Hall–Kier alpha value is -2.01. The standard InChI is InChI=1S/C11H12N2O3/c1-12-6-2-3-9-4-5-11(13(15)16)7-10(9)8-14/h2-5,7-8,12H,6H2,1H3. The van der Waals surface area contributed by atoms with Gasteiger partial charge in [0.05, 0.1) is 4.92 Å². The molecule has 5 nitrogen and oxygen atoms in total. The first-order valence-electron chi connectivity index (χ1n) is 4.73. The molecule has 1 N–H and O–H groups in total. The smallest absolute Gasteiger partial charge is 0.270 e. The van der Waals surface area contributed by atoms with Crippen LogP contribution in [0.5, 0.6) is 0 Å². The first kappa shape index (κ1) is 12.1. The van der Waals surface area contributed by atoms with Gasteiger partial charge in [0.15, 0.2) is 6.29 Å². The molecular weight excluding hydrogens is 208 g/mol. The van der Waals surface area contributed by atoms with Crippen molar-refractivity contribution in [3.63, 3.8) is 0 Å². The number of aldehydes is 1. The Bertz CT molecular complexity index is 427. The van der Waals surface area contributed by atoms with E-state index in [9.17, 15) is 14.9 Å². The zero-order valence-electron chi connectivity index (χ0n) is 8.84. The number of rotatable bonds is 5. The van der Waals surface area contributed by atoms with Gasteiger partial charge in [0.1, 0.15) is 0 Å². The van der Waals surface area contributed by atoms with Crippen LogP contribution in [0.1, 0.15) is 15.9 Å². The molecule has 0 amide bonds. The molecule has 1 aromatic carbocycles. The Kier molecular flexibility index (Phi) is 4.35. The maximum absolute atomic E-state index is 10.8. The number of likely N-dealkylation sites (N-methyl/N-ethyl adjacent to an activating group) is 1. The van der Waals surface area contributed by atoms with Crippen LogP contribution in [0, 0.1) is 10.1 Å². The second-order valence-corrected chi connectivity index (χ2v) is 3.15. The number of hydrogen-bond acceptors (Lipinski definition) is 4. The minimum absolute atomic E-state index is 0.0760. The molecule has 0 saturated carbocycles. The van der Waals surface area contributed by atoms with Crippen LogP contribution in [0.3, 0.4) is 0 Å². The Balaban J connectivity index is 3.02. The highest BCUT2D eigenvalue weighted by atomic mass is 16.6. The van der Waals surface area contributed by atoms with Crippen LogP contribution < -0.4 is 5.32 Å². The van der Waals surface area contributed by atoms with E-state index < -0.39 is 4.92 Å². The average molecular weight is 220 g/mol. The maximum atomic E-state index is 10.8. The highest BCUT2D eigenvalue weighted by molar-refractivity contribution is 5.83. The summed E-state index contributed by atoms with van der Waals surface area (Å²) in [6, 6.07) is 4.21. The van der Waals surface area contributed by atoms with E-state index in [1.54, 1.807) is 19.2 Å². The molecule has 0 bridgehead atoms. The molecule has 5 heteroatoms. The molecule has 0 radical (unpaired) electrons. The van der Waals surface area contributed by atoms with Gasteiger partial charge in [-0.1, -0.05) is 12.2 Å². The Morgan fingerprint density at radius 1 is 1.44 bits per heavy atom. The third-order valence-electron chi connectivity index (χ3n) is 2.03. The summed E-state index contributed by atoms with van der Waals surface area (Å²) in [5.74, 6) is 0. The van der Waals surface area contributed by atoms with Gasteiger partial charge in [0.2, 0.25) is 0 Å². The highest BCUT2D eigenvalue weighted by Crippen LogP contribution is 2.17. The van der Waals surface area contributed by atoms with Crippen LogP contribution >= 0.6 is 0 Å². The maximum Gasteiger partial charge on any atom is 0.270 e. The fraction of sp³-hybridized carbons (Fsp3) is 0.182. The van der Waals surface area contributed by atoms with Crippen molar-refractivity contribution in [1.82, 2.24) is 5.32 Å². The third-order valence-corrected chi connectivity index (χ3v) is 2.03.